The number of amidine groups is 1. The van der Waals surface area contributed by atoms with Gasteiger partial charge < -0.3 is 10.5 Å². The summed E-state index contributed by atoms with van der Waals surface area (Å²) in [5, 5.41) is 0.305. The number of hydrogen-bond donors (Lipinski definition) is 1. The van der Waals surface area contributed by atoms with Crippen LogP contribution in [0.25, 0.3) is 0 Å². The average molecular weight is 455 g/mol. The van der Waals surface area contributed by atoms with Gasteiger partial charge in [-0.3, -0.25) is 14.8 Å². The lowest BCUT2D eigenvalue weighted by molar-refractivity contribution is -0.128. The molecule has 0 aromatic carbocycles. The molecule has 6 nitrogen and oxygen atoms in total. The molecule has 160 valence electrons. The molecule has 0 aliphatic carbocycles. The van der Waals surface area contributed by atoms with Gasteiger partial charge in [0.15, 0.2) is 11.0 Å². The van der Waals surface area contributed by atoms with Crippen molar-refractivity contribution in [1.29, 1.82) is 0 Å². The molecular weight excluding hydrogens is 434 g/mol. The molecule has 3 rings (SSSR count). The van der Waals surface area contributed by atoms with Crippen LogP contribution in [0.4, 0.5) is 8.78 Å². The number of halogens is 3. The summed E-state index contributed by atoms with van der Waals surface area (Å²) in [5.41, 5.74) is 7.52. The summed E-state index contributed by atoms with van der Waals surface area (Å²) in [6, 6.07) is 5.20. The molecule has 3 heterocycles. The minimum Gasteiger partial charge on any atom is -0.379 e. The van der Waals surface area contributed by atoms with Crippen molar-refractivity contribution in [3.8, 4) is 0 Å². The zero-order valence-corrected chi connectivity index (χ0v) is 18.0. The molecule has 0 spiro atoms. The van der Waals surface area contributed by atoms with Crippen LogP contribution in [0.3, 0.4) is 0 Å². The van der Waals surface area contributed by atoms with Gasteiger partial charge in [-0.2, -0.15) is 8.78 Å². The number of carbonyl (C=O) groups excluding carboxylic acids is 1. The third-order valence-corrected chi connectivity index (χ3v) is 5.92. The Hall–Kier alpha value is -2.10. The predicted molar refractivity (Wildman–Crippen MR) is 113 cm³/mol. The molecule has 10 heteroatoms. The Bertz CT molecular complexity index is 976. The molecular formula is C20H21ClF2N4O2S. The second-order valence-corrected chi connectivity index (χ2v) is 8.98. The minimum absolute atomic E-state index is 0.0905. The summed E-state index contributed by atoms with van der Waals surface area (Å²) in [4.78, 5) is 25.7. The molecule has 0 saturated heterocycles. The molecule has 0 unspecified atom stereocenters. The van der Waals surface area contributed by atoms with Crippen molar-refractivity contribution in [2.45, 2.75) is 44.1 Å². The van der Waals surface area contributed by atoms with E-state index in [9.17, 15) is 13.6 Å². The largest absolute Gasteiger partial charge is 0.379 e. The first-order valence-corrected chi connectivity index (χ1v) is 10.4. The van der Waals surface area contributed by atoms with Crippen LogP contribution < -0.4 is 5.73 Å². The van der Waals surface area contributed by atoms with Crippen LogP contribution in [-0.4, -0.2) is 39.4 Å². The smallest absolute Gasteiger partial charge is 0.345 e. The molecule has 0 fully saturated rings. The fourth-order valence-corrected chi connectivity index (χ4v) is 4.77. The van der Waals surface area contributed by atoms with Crippen molar-refractivity contribution in [2.24, 2.45) is 10.7 Å². The van der Waals surface area contributed by atoms with Crippen molar-refractivity contribution in [1.82, 2.24) is 9.97 Å². The molecule has 30 heavy (non-hydrogen) atoms. The number of aryl methyl sites for hydroxylation is 1. The van der Waals surface area contributed by atoms with Gasteiger partial charge >= 0.3 is 6.61 Å². The zero-order valence-electron chi connectivity index (χ0n) is 16.4. The maximum Gasteiger partial charge on any atom is 0.345 e. The van der Waals surface area contributed by atoms with Gasteiger partial charge in [0, 0.05) is 24.1 Å². The summed E-state index contributed by atoms with van der Waals surface area (Å²) >= 11 is 7.36. The van der Waals surface area contributed by atoms with E-state index < -0.39 is 12.2 Å². The number of carbonyl (C=O) groups is 1. The highest BCUT2D eigenvalue weighted by Crippen LogP contribution is 2.38. The van der Waals surface area contributed by atoms with Crippen molar-refractivity contribution in [3.05, 3.63) is 58.1 Å². The summed E-state index contributed by atoms with van der Waals surface area (Å²) < 4.78 is 29.3. The number of rotatable bonds is 7. The minimum atomic E-state index is -2.84. The monoisotopic (exact) mass is 454 g/mol. The number of thioether (sulfide) groups is 1. The molecule has 1 aliphatic heterocycles. The lowest BCUT2D eigenvalue weighted by Gasteiger charge is -2.33. The van der Waals surface area contributed by atoms with Crippen LogP contribution in [0, 0.1) is 6.92 Å². The van der Waals surface area contributed by atoms with Gasteiger partial charge in [0.1, 0.15) is 11.2 Å². The fraction of sp³-hybridized carbons (Fsp3) is 0.400. The normalized spacial score (nSPS) is 21.5. The van der Waals surface area contributed by atoms with Crippen LogP contribution in [0.2, 0.25) is 5.02 Å². The van der Waals surface area contributed by atoms with E-state index in [1.165, 1.54) is 11.8 Å². The van der Waals surface area contributed by atoms with E-state index in [4.69, 9.17) is 17.3 Å². The summed E-state index contributed by atoms with van der Waals surface area (Å²) in [7, 11) is 0. The number of alkyl halides is 2. The number of aromatic nitrogens is 2. The molecule has 2 aromatic heterocycles. The van der Waals surface area contributed by atoms with Gasteiger partial charge in [-0.1, -0.05) is 23.4 Å². The molecule has 0 bridgehead atoms. The number of Topliss-reactive ketones (excluding diaryl/α,β-unsaturated/α-hetero) is 1. The van der Waals surface area contributed by atoms with Gasteiger partial charge in [0.25, 0.3) is 0 Å². The van der Waals surface area contributed by atoms with Crippen LogP contribution in [0.15, 0.2) is 35.6 Å². The van der Waals surface area contributed by atoms with Crippen molar-refractivity contribution in [3.63, 3.8) is 0 Å². The van der Waals surface area contributed by atoms with E-state index in [1.807, 2.05) is 13.8 Å². The maximum atomic E-state index is 12.7. The van der Waals surface area contributed by atoms with E-state index in [1.54, 1.807) is 30.6 Å². The topological polar surface area (TPSA) is 90.5 Å². The highest BCUT2D eigenvalue weighted by Gasteiger charge is 2.36. The van der Waals surface area contributed by atoms with Crippen molar-refractivity contribution in [2.75, 3.05) is 6.61 Å². The third-order valence-electron chi connectivity index (χ3n) is 4.66. The van der Waals surface area contributed by atoms with Gasteiger partial charge in [-0.15, -0.1) is 0 Å². The quantitative estimate of drug-likeness (QED) is 0.632. The number of nitrogens with zero attached hydrogens (tertiary/aromatic N) is 3. The summed E-state index contributed by atoms with van der Waals surface area (Å²) in [6.45, 7) is 0.689. The number of hydrogen-bond acceptors (Lipinski definition) is 7. The molecule has 2 atom stereocenters. The SMILES string of the molecule is Cc1cnc(C(=O)Cc2ccnc([C@]3(C)C[C@@H](COC(F)F)SC(N)=N3)c2)c(Cl)c1. The number of ether oxygens (including phenoxy) is 1. The fourth-order valence-electron chi connectivity index (χ4n) is 3.29. The van der Waals surface area contributed by atoms with Crippen LogP contribution >= 0.6 is 23.4 Å². The Morgan fingerprint density at radius 2 is 2.20 bits per heavy atom. The Morgan fingerprint density at radius 3 is 2.90 bits per heavy atom. The second-order valence-electron chi connectivity index (χ2n) is 7.25. The standard InChI is InChI=1S/C20H21ClF2N4O2S/c1-11-5-14(21)17(26-9-11)15(28)6-12-3-4-25-16(7-12)20(2)8-13(10-29-18(22)23)30-19(24)27-20/h3-5,7,9,13,18H,6,8,10H2,1-2H3,(H2,24,27)/t13-,20-/m0/s1. The van der Waals surface area contributed by atoms with Gasteiger partial charge in [-0.05, 0) is 49.6 Å². The highest BCUT2D eigenvalue weighted by atomic mass is 35.5. The van der Waals surface area contributed by atoms with Gasteiger partial charge in [-0.25, -0.2) is 4.99 Å². The zero-order chi connectivity index (χ0) is 21.9. The van der Waals surface area contributed by atoms with Crippen molar-refractivity contribution < 1.29 is 18.3 Å². The number of pyridine rings is 2. The van der Waals surface area contributed by atoms with Crippen LogP contribution in [0.1, 0.15) is 40.7 Å². The van der Waals surface area contributed by atoms with Crippen LogP contribution in [0.5, 0.6) is 0 Å². The Balaban J connectivity index is 1.80. The van der Waals surface area contributed by atoms with E-state index >= 15 is 0 Å². The summed E-state index contributed by atoms with van der Waals surface area (Å²) in [5.74, 6) is -0.215. The Morgan fingerprint density at radius 1 is 1.43 bits per heavy atom. The van der Waals surface area contributed by atoms with Crippen LogP contribution in [-0.2, 0) is 16.7 Å². The van der Waals surface area contributed by atoms with E-state index in [0.717, 1.165) is 11.1 Å². The Labute approximate surface area is 182 Å². The first-order valence-electron chi connectivity index (χ1n) is 9.19. The lowest BCUT2D eigenvalue weighted by Crippen LogP contribution is -2.36. The van der Waals surface area contributed by atoms with Gasteiger partial charge in [0.2, 0.25) is 0 Å². The number of aliphatic imine (C=N–C) groups is 1. The van der Waals surface area contributed by atoms with Crippen molar-refractivity contribution >= 4 is 34.3 Å². The molecule has 0 saturated carbocycles. The first kappa shape index (κ1) is 22.6. The predicted octanol–water partition coefficient (Wildman–Crippen LogP) is 4.14. The molecule has 0 radical (unpaired) electrons. The molecule has 0 amide bonds. The average Bonchev–Trinajstić information content (AvgIpc) is 2.66. The van der Waals surface area contributed by atoms with Gasteiger partial charge in [0.05, 0.1) is 17.3 Å². The van der Waals surface area contributed by atoms with E-state index in [0.29, 0.717) is 17.1 Å². The first-order chi connectivity index (χ1) is 14.2. The van der Waals surface area contributed by atoms with E-state index in [2.05, 4.69) is 19.7 Å². The Kier molecular flexibility index (Phi) is 7.05. The molecule has 2 aromatic rings. The second kappa shape index (κ2) is 9.36. The maximum absolute atomic E-state index is 12.7. The summed E-state index contributed by atoms with van der Waals surface area (Å²) in [6.07, 6.45) is 3.69. The molecule has 1 aliphatic rings. The van der Waals surface area contributed by atoms with E-state index in [-0.39, 0.29) is 34.9 Å². The lowest BCUT2D eigenvalue weighted by atomic mass is 9.90. The highest BCUT2D eigenvalue weighted by molar-refractivity contribution is 8.14. The number of ketones is 1. The third kappa shape index (κ3) is 5.53. The molecule has 2 N–H and O–H groups in total. The number of nitrogens with two attached hydrogens (primary N) is 1.